The van der Waals surface area contributed by atoms with Crippen LogP contribution in [0.5, 0.6) is 0 Å². The van der Waals surface area contributed by atoms with Gasteiger partial charge in [0.15, 0.2) is 0 Å². The quantitative estimate of drug-likeness (QED) is 0.154. The van der Waals surface area contributed by atoms with E-state index in [2.05, 4.69) is 35.9 Å². The van der Waals surface area contributed by atoms with E-state index in [1.165, 1.54) is 18.4 Å². The van der Waals surface area contributed by atoms with E-state index in [4.69, 9.17) is 10.5 Å². The zero-order chi connectivity index (χ0) is 28.8. The Balaban J connectivity index is 1.19. The second kappa shape index (κ2) is 14.0. The number of allylic oxidation sites excluding steroid dienone is 1. The van der Waals surface area contributed by atoms with Crippen LogP contribution in [-0.2, 0) is 9.53 Å². The van der Waals surface area contributed by atoms with E-state index in [0.717, 1.165) is 90.5 Å². The summed E-state index contributed by atoms with van der Waals surface area (Å²) in [5.74, 6) is 1.33. The molecule has 0 aromatic rings. The van der Waals surface area contributed by atoms with Gasteiger partial charge in [0.25, 0.3) is 0 Å². The average Bonchev–Trinajstić information content (AvgIpc) is 3.28. The Morgan fingerprint density at radius 2 is 1.73 bits per heavy atom. The fraction of sp³-hybridized carbons (Fsp3) is 0.875. The number of carboxylic acids is 1. The fourth-order valence-electron chi connectivity index (χ4n) is 9.19. The minimum atomic E-state index is -0.636. The largest absolute Gasteiger partial charge is 0.481 e. The molecule has 8 atom stereocenters. The van der Waals surface area contributed by atoms with Gasteiger partial charge in [-0.05, 0) is 125 Å². The number of carboxylic acid groups (broad SMARTS) is 1. The van der Waals surface area contributed by atoms with Crippen molar-refractivity contribution in [1.29, 1.82) is 0 Å². The Labute approximate surface area is 242 Å². The topological polar surface area (TPSA) is 126 Å². The molecule has 0 spiro atoms. The predicted molar refractivity (Wildman–Crippen MR) is 159 cm³/mol. The lowest BCUT2D eigenvalue weighted by Gasteiger charge is -2.58. The smallest absolute Gasteiger partial charge is 0.407 e. The van der Waals surface area contributed by atoms with Crippen LogP contribution in [0.4, 0.5) is 4.79 Å². The highest BCUT2D eigenvalue weighted by Crippen LogP contribution is 2.67. The minimum absolute atomic E-state index is 0.0447. The van der Waals surface area contributed by atoms with Gasteiger partial charge < -0.3 is 31.5 Å². The molecule has 0 saturated heterocycles. The first-order valence-corrected chi connectivity index (χ1v) is 16.2. The van der Waals surface area contributed by atoms with Gasteiger partial charge in [-0.3, -0.25) is 4.79 Å². The van der Waals surface area contributed by atoms with Gasteiger partial charge >= 0.3 is 12.1 Å². The zero-order valence-corrected chi connectivity index (χ0v) is 25.3. The summed E-state index contributed by atoms with van der Waals surface area (Å²) in [6.45, 7) is 11.8. The van der Waals surface area contributed by atoms with Crippen LogP contribution in [0.2, 0.25) is 0 Å². The molecule has 0 aliphatic heterocycles. The normalized spacial score (nSPS) is 35.6. The van der Waals surface area contributed by atoms with Gasteiger partial charge in [-0.1, -0.05) is 32.4 Å². The molecule has 0 radical (unpaired) electrons. The van der Waals surface area contributed by atoms with Crippen LogP contribution in [-0.4, -0.2) is 62.5 Å². The molecule has 228 valence electrons. The molecule has 3 fully saturated rings. The Hall–Kier alpha value is -1.64. The molecular weight excluding hydrogens is 504 g/mol. The molecule has 6 N–H and O–H groups in total. The molecule has 0 heterocycles. The lowest BCUT2D eigenvalue weighted by molar-refractivity contribution is -0.146. The third-order valence-corrected chi connectivity index (χ3v) is 11.5. The SMILES string of the molecule is CC(C(=O)O)C1CCC2C3CC=C4CC(OC(=O)NCCNCCCCNCCCN)CCC4(C)C3CCC12C. The monoisotopic (exact) mass is 560 g/mol. The highest BCUT2D eigenvalue weighted by molar-refractivity contribution is 5.70. The Morgan fingerprint density at radius 1 is 1.00 bits per heavy atom. The molecule has 8 heteroatoms. The van der Waals surface area contributed by atoms with E-state index >= 15 is 0 Å². The number of nitrogens with two attached hydrogens (primary N) is 1. The standard InChI is InChI=1S/C32H56N4O4/c1-22(29(37)38)26-9-10-27-25-8-7-23-21-24(11-13-31(23,2)28(25)12-14-32(26,27)3)40-30(39)36-20-19-35-17-5-4-16-34-18-6-15-33/h7,22,24-28,34-35H,4-6,8-21,33H2,1-3H3,(H,36,39)(H,37,38). The first-order chi connectivity index (χ1) is 19.2. The van der Waals surface area contributed by atoms with Crippen molar-refractivity contribution in [1.82, 2.24) is 16.0 Å². The highest BCUT2D eigenvalue weighted by atomic mass is 16.6. The van der Waals surface area contributed by atoms with Crippen molar-refractivity contribution in [2.75, 3.05) is 39.3 Å². The molecule has 4 rings (SSSR count). The van der Waals surface area contributed by atoms with E-state index in [1.54, 1.807) is 0 Å². The van der Waals surface area contributed by atoms with Crippen molar-refractivity contribution in [3.63, 3.8) is 0 Å². The summed E-state index contributed by atoms with van der Waals surface area (Å²) in [5, 5.41) is 19.4. The van der Waals surface area contributed by atoms with Crippen molar-refractivity contribution in [2.45, 2.75) is 97.5 Å². The van der Waals surface area contributed by atoms with Crippen LogP contribution in [0.25, 0.3) is 0 Å². The lowest BCUT2D eigenvalue weighted by atomic mass is 9.47. The lowest BCUT2D eigenvalue weighted by Crippen LogP contribution is -2.51. The molecular formula is C32H56N4O4. The van der Waals surface area contributed by atoms with Crippen molar-refractivity contribution in [3.8, 4) is 0 Å². The summed E-state index contributed by atoms with van der Waals surface area (Å²) in [6, 6.07) is 0. The van der Waals surface area contributed by atoms with Crippen LogP contribution >= 0.6 is 0 Å². The molecule has 3 saturated carbocycles. The number of unbranched alkanes of at least 4 members (excludes halogenated alkanes) is 1. The van der Waals surface area contributed by atoms with Crippen molar-refractivity contribution < 1.29 is 19.4 Å². The van der Waals surface area contributed by atoms with Crippen LogP contribution in [0, 0.1) is 40.4 Å². The second-order valence-electron chi connectivity index (χ2n) is 13.7. The number of fused-ring (bicyclic) bond motifs is 5. The average molecular weight is 561 g/mol. The van der Waals surface area contributed by atoms with E-state index in [-0.39, 0.29) is 28.9 Å². The first kappa shape index (κ1) is 31.3. The van der Waals surface area contributed by atoms with Gasteiger partial charge in [0.2, 0.25) is 0 Å². The van der Waals surface area contributed by atoms with E-state index in [9.17, 15) is 14.7 Å². The molecule has 8 unspecified atom stereocenters. The van der Waals surface area contributed by atoms with Crippen LogP contribution in [0.1, 0.15) is 91.4 Å². The molecule has 4 aliphatic carbocycles. The number of amides is 1. The number of hydrogen-bond acceptors (Lipinski definition) is 6. The van der Waals surface area contributed by atoms with Gasteiger partial charge in [-0.25, -0.2) is 4.79 Å². The Kier molecular flexibility index (Phi) is 11.0. The number of aliphatic carboxylic acids is 1. The third-order valence-electron chi connectivity index (χ3n) is 11.5. The van der Waals surface area contributed by atoms with Gasteiger partial charge in [0.05, 0.1) is 5.92 Å². The molecule has 40 heavy (non-hydrogen) atoms. The zero-order valence-electron chi connectivity index (χ0n) is 25.3. The van der Waals surface area contributed by atoms with Crippen molar-refractivity contribution >= 4 is 12.1 Å². The van der Waals surface area contributed by atoms with Crippen LogP contribution in [0.15, 0.2) is 11.6 Å². The van der Waals surface area contributed by atoms with Crippen molar-refractivity contribution in [2.24, 2.45) is 46.2 Å². The molecule has 1 amide bonds. The second-order valence-corrected chi connectivity index (χ2v) is 13.7. The summed E-state index contributed by atoms with van der Waals surface area (Å²) < 4.78 is 5.87. The molecule has 0 aromatic heterocycles. The summed E-state index contributed by atoms with van der Waals surface area (Å²) in [4.78, 5) is 24.3. The van der Waals surface area contributed by atoms with E-state index in [1.807, 2.05) is 6.92 Å². The number of hydrogen-bond donors (Lipinski definition) is 5. The molecule has 0 bridgehead atoms. The summed E-state index contributed by atoms with van der Waals surface area (Å²) in [5.41, 5.74) is 7.32. The number of rotatable bonds is 14. The minimum Gasteiger partial charge on any atom is -0.481 e. The maximum Gasteiger partial charge on any atom is 0.407 e. The van der Waals surface area contributed by atoms with E-state index in [0.29, 0.717) is 30.2 Å². The first-order valence-electron chi connectivity index (χ1n) is 16.2. The number of carbonyl (C=O) groups is 2. The van der Waals surface area contributed by atoms with Gasteiger partial charge in [-0.15, -0.1) is 0 Å². The van der Waals surface area contributed by atoms with Crippen molar-refractivity contribution in [3.05, 3.63) is 11.6 Å². The molecule has 4 aliphatic rings. The summed E-state index contributed by atoms with van der Waals surface area (Å²) in [7, 11) is 0. The maximum atomic E-state index is 12.5. The van der Waals surface area contributed by atoms with E-state index < -0.39 is 5.97 Å². The third kappa shape index (κ3) is 6.87. The maximum absolute atomic E-state index is 12.5. The fourth-order valence-corrected chi connectivity index (χ4v) is 9.19. The summed E-state index contributed by atoms with van der Waals surface area (Å²) in [6.07, 6.45) is 13.9. The van der Waals surface area contributed by atoms with Gasteiger partial charge in [0.1, 0.15) is 6.10 Å². The van der Waals surface area contributed by atoms with Gasteiger partial charge in [0, 0.05) is 19.5 Å². The Morgan fingerprint density at radius 3 is 2.45 bits per heavy atom. The predicted octanol–water partition coefficient (Wildman–Crippen LogP) is 4.69. The van der Waals surface area contributed by atoms with Crippen LogP contribution < -0.4 is 21.7 Å². The highest BCUT2D eigenvalue weighted by Gasteiger charge is 2.59. The number of alkyl carbamates (subject to hydrolysis) is 1. The number of ether oxygens (including phenoxy) is 1. The molecule has 8 nitrogen and oxygen atoms in total. The van der Waals surface area contributed by atoms with Crippen LogP contribution in [0.3, 0.4) is 0 Å². The summed E-state index contributed by atoms with van der Waals surface area (Å²) >= 11 is 0. The number of carbonyl (C=O) groups excluding carboxylic acids is 1. The number of nitrogens with one attached hydrogen (secondary N) is 3. The Bertz CT molecular complexity index is 896. The van der Waals surface area contributed by atoms with Gasteiger partial charge in [-0.2, -0.15) is 0 Å². The molecule has 0 aromatic carbocycles.